The molecule has 1 amide bonds. The zero-order valence-electron chi connectivity index (χ0n) is 13.7. The van der Waals surface area contributed by atoms with Crippen molar-refractivity contribution in [1.82, 2.24) is 15.3 Å². The number of nitrogens with one attached hydrogen (secondary N) is 1. The summed E-state index contributed by atoms with van der Waals surface area (Å²) < 4.78 is 4.73. The Balaban J connectivity index is 1.84. The molecule has 0 spiro atoms. The summed E-state index contributed by atoms with van der Waals surface area (Å²) in [5.74, 6) is -0.797. The van der Waals surface area contributed by atoms with E-state index in [9.17, 15) is 9.59 Å². The zero-order valence-corrected chi connectivity index (χ0v) is 13.7. The van der Waals surface area contributed by atoms with Crippen molar-refractivity contribution in [3.05, 3.63) is 72.1 Å². The summed E-state index contributed by atoms with van der Waals surface area (Å²) in [5, 5.41) is 2.84. The monoisotopic (exact) mass is 335 g/mol. The highest BCUT2D eigenvalue weighted by Gasteiger charge is 2.20. The Kier molecular flexibility index (Phi) is 4.99. The first-order valence-electron chi connectivity index (χ1n) is 7.82. The molecule has 6 heteroatoms. The Morgan fingerprint density at radius 3 is 2.44 bits per heavy atom. The van der Waals surface area contributed by atoms with E-state index in [4.69, 9.17) is 4.74 Å². The number of methoxy groups -OCH3 is 1. The summed E-state index contributed by atoms with van der Waals surface area (Å²) in [4.78, 5) is 32.8. The quantitative estimate of drug-likeness (QED) is 0.725. The molecular weight excluding hydrogens is 318 g/mol. The Bertz CT molecular complexity index is 897. The number of aromatic nitrogens is 2. The van der Waals surface area contributed by atoms with Gasteiger partial charge in [0.2, 0.25) is 0 Å². The van der Waals surface area contributed by atoms with E-state index in [1.54, 1.807) is 6.07 Å². The van der Waals surface area contributed by atoms with Gasteiger partial charge >= 0.3 is 5.97 Å². The van der Waals surface area contributed by atoms with Crippen molar-refractivity contribution >= 4 is 22.9 Å². The van der Waals surface area contributed by atoms with Gasteiger partial charge in [0.15, 0.2) is 0 Å². The smallest absolute Gasteiger partial charge is 0.307 e. The summed E-state index contributed by atoms with van der Waals surface area (Å²) in [6, 6.07) is 16.1. The summed E-state index contributed by atoms with van der Waals surface area (Å²) in [7, 11) is 1.32. The van der Waals surface area contributed by atoms with Crippen LogP contribution in [0.3, 0.4) is 0 Å². The van der Waals surface area contributed by atoms with Gasteiger partial charge in [-0.2, -0.15) is 0 Å². The molecule has 0 aliphatic rings. The molecule has 0 fully saturated rings. The average molecular weight is 335 g/mol. The van der Waals surface area contributed by atoms with Crippen molar-refractivity contribution in [1.29, 1.82) is 0 Å². The van der Waals surface area contributed by atoms with Crippen molar-refractivity contribution < 1.29 is 14.3 Å². The summed E-state index contributed by atoms with van der Waals surface area (Å²) in [5.41, 5.74) is 2.37. The minimum Gasteiger partial charge on any atom is -0.469 e. The second kappa shape index (κ2) is 7.53. The first-order chi connectivity index (χ1) is 12.2. The predicted octanol–water partition coefficient (Wildman–Crippen LogP) is 2.66. The van der Waals surface area contributed by atoms with Gasteiger partial charge in [-0.3, -0.25) is 14.6 Å². The number of para-hydroxylation sites is 2. The molecule has 0 saturated heterocycles. The molecule has 2 aromatic carbocycles. The van der Waals surface area contributed by atoms with Gasteiger partial charge in [0, 0.05) is 0 Å². The number of fused-ring (bicyclic) bond motifs is 1. The van der Waals surface area contributed by atoms with E-state index < -0.39 is 17.9 Å². The third-order valence-electron chi connectivity index (χ3n) is 3.79. The van der Waals surface area contributed by atoms with Crippen LogP contribution in [0.25, 0.3) is 11.0 Å². The Labute approximate surface area is 144 Å². The Morgan fingerprint density at radius 1 is 1.04 bits per heavy atom. The lowest BCUT2D eigenvalue weighted by Crippen LogP contribution is -2.31. The molecule has 0 bridgehead atoms. The van der Waals surface area contributed by atoms with E-state index in [1.807, 2.05) is 48.5 Å². The molecule has 25 heavy (non-hydrogen) atoms. The SMILES string of the molecule is COC(=O)CC(NC(=O)c1cnc2ccccc2n1)c1ccccc1. The fourth-order valence-electron chi connectivity index (χ4n) is 2.49. The molecule has 0 aliphatic heterocycles. The van der Waals surface area contributed by atoms with Crippen LogP contribution in [0.15, 0.2) is 60.8 Å². The first-order valence-corrected chi connectivity index (χ1v) is 7.82. The Morgan fingerprint density at radius 2 is 1.72 bits per heavy atom. The lowest BCUT2D eigenvalue weighted by Gasteiger charge is -2.18. The number of carbonyl (C=O) groups is 2. The third kappa shape index (κ3) is 3.98. The molecule has 1 atom stereocenters. The minimum absolute atomic E-state index is 0.0350. The highest BCUT2D eigenvalue weighted by Crippen LogP contribution is 2.18. The second-order valence-electron chi connectivity index (χ2n) is 5.46. The van der Waals surface area contributed by atoms with E-state index in [-0.39, 0.29) is 12.1 Å². The van der Waals surface area contributed by atoms with Crippen LogP contribution in [0.2, 0.25) is 0 Å². The van der Waals surface area contributed by atoms with E-state index in [2.05, 4.69) is 15.3 Å². The fourth-order valence-corrected chi connectivity index (χ4v) is 2.49. The highest BCUT2D eigenvalue weighted by molar-refractivity contribution is 5.94. The van der Waals surface area contributed by atoms with E-state index in [0.717, 1.165) is 5.56 Å². The van der Waals surface area contributed by atoms with Crippen LogP contribution in [-0.4, -0.2) is 29.0 Å². The van der Waals surface area contributed by atoms with Crippen molar-refractivity contribution in [2.45, 2.75) is 12.5 Å². The molecule has 1 N–H and O–H groups in total. The molecule has 1 unspecified atom stereocenters. The number of amides is 1. The number of benzene rings is 2. The van der Waals surface area contributed by atoms with Gasteiger partial charge < -0.3 is 10.1 Å². The number of rotatable bonds is 5. The normalized spacial score (nSPS) is 11.7. The lowest BCUT2D eigenvalue weighted by molar-refractivity contribution is -0.141. The van der Waals surface area contributed by atoms with Crippen molar-refractivity contribution in [3.63, 3.8) is 0 Å². The molecule has 6 nitrogen and oxygen atoms in total. The number of hydrogen-bond donors (Lipinski definition) is 1. The van der Waals surface area contributed by atoms with Gasteiger partial charge in [-0.05, 0) is 17.7 Å². The molecule has 3 rings (SSSR count). The summed E-state index contributed by atoms with van der Waals surface area (Å²) >= 11 is 0. The van der Waals surface area contributed by atoms with Crippen LogP contribution in [0.4, 0.5) is 0 Å². The maximum absolute atomic E-state index is 12.6. The van der Waals surface area contributed by atoms with Crippen LogP contribution < -0.4 is 5.32 Å². The minimum atomic E-state index is -0.505. The third-order valence-corrected chi connectivity index (χ3v) is 3.79. The zero-order chi connectivity index (χ0) is 17.6. The van der Waals surface area contributed by atoms with E-state index >= 15 is 0 Å². The van der Waals surface area contributed by atoms with Crippen LogP contribution >= 0.6 is 0 Å². The molecule has 1 aromatic heterocycles. The topological polar surface area (TPSA) is 81.2 Å². The van der Waals surface area contributed by atoms with Gasteiger partial charge in [0.25, 0.3) is 5.91 Å². The largest absolute Gasteiger partial charge is 0.469 e. The lowest BCUT2D eigenvalue weighted by atomic mass is 10.0. The number of carbonyl (C=O) groups excluding carboxylic acids is 2. The van der Waals surface area contributed by atoms with Crippen LogP contribution in [0.5, 0.6) is 0 Å². The van der Waals surface area contributed by atoms with Gasteiger partial charge in [0.05, 0.1) is 36.8 Å². The predicted molar refractivity (Wildman–Crippen MR) is 92.8 cm³/mol. The number of nitrogens with zero attached hydrogens (tertiary/aromatic N) is 2. The van der Waals surface area contributed by atoms with Gasteiger partial charge in [-0.1, -0.05) is 42.5 Å². The Hall–Kier alpha value is -3.28. The van der Waals surface area contributed by atoms with Crippen LogP contribution in [-0.2, 0) is 9.53 Å². The molecule has 0 aliphatic carbocycles. The first kappa shape index (κ1) is 16.6. The molecule has 1 heterocycles. The van der Waals surface area contributed by atoms with Crippen molar-refractivity contribution in [3.8, 4) is 0 Å². The van der Waals surface area contributed by atoms with E-state index in [1.165, 1.54) is 13.3 Å². The molecule has 126 valence electrons. The van der Waals surface area contributed by atoms with E-state index in [0.29, 0.717) is 11.0 Å². The average Bonchev–Trinajstić information content (AvgIpc) is 2.67. The highest BCUT2D eigenvalue weighted by atomic mass is 16.5. The van der Waals surface area contributed by atoms with Gasteiger partial charge in [0.1, 0.15) is 5.69 Å². The second-order valence-corrected chi connectivity index (χ2v) is 5.46. The van der Waals surface area contributed by atoms with Crippen LogP contribution in [0.1, 0.15) is 28.5 Å². The maximum atomic E-state index is 12.6. The fraction of sp³-hybridized carbons (Fsp3) is 0.158. The molecular formula is C19H17N3O3. The summed E-state index contributed by atoms with van der Waals surface area (Å²) in [6.45, 7) is 0. The molecule has 3 aromatic rings. The molecule has 0 radical (unpaired) electrons. The van der Waals surface area contributed by atoms with Crippen molar-refractivity contribution in [2.75, 3.05) is 7.11 Å². The summed E-state index contributed by atoms with van der Waals surface area (Å²) in [6.07, 6.45) is 1.46. The van der Waals surface area contributed by atoms with Gasteiger partial charge in [-0.25, -0.2) is 4.98 Å². The number of ether oxygens (including phenoxy) is 1. The number of hydrogen-bond acceptors (Lipinski definition) is 5. The standard InChI is InChI=1S/C19H17N3O3/c1-25-18(23)11-16(13-7-3-2-4-8-13)22-19(24)17-12-20-14-9-5-6-10-15(14)21-17/h2-10,12,16H,11H2,1H3,(H,22,24). The van der Waals surface area contributed by atoms with Gasteiger partial charge in [-0.15, -0.1) is 0 Å². The van der Waals surface area contributed by atoms with Crippen LogP contribution in [0, 0.1) is 0 Å². The maximum Gasteiger partial charge on any atom is 0.307 e. The van der Waals surface area contributed by atoms with Crippen molar-refractivity contribution in [2.24, 2.45) is 0 Å². The molecule has 0 saturated carbocycles. The number of esters is 1.